The van der Waals surface area contributed by atoms with Crippen LogP contribution in [0.15, 0.2) is 48.5 Å². The lowest BCUT2D eigenvalue weighted by atomic mass is 10.1. The lowest BCUT2D eigenvalue weighted by Crippen LogP contribution is -2.19. The molecule has 2 aromatic rings. The van der Waals surface area contributed by atoms with E-state index in [-0.39, 0.29) is 0 Å². The van der Waals surface area contributed by atoms with E-state index in [2.05, 4.69) is 29.2 Å². The standard InChI is InChI=1S/C16H15NO2/c18-12-19-15-6-7-16-14(10-15)8-9-17(16)11-13-4-2-1-3-5-13/h1-7,10,12H,8-9,11H2. The van der Waals surface area contributed by atoms with Crippen LogP contribution in [0.1, 0.15) is 11.1 Å². The van der Waals surface area contributed by atoms with E-state index in [0.29, 0.717) is 12.2 Å². The van der Waals surface area contributed by atoms with E-state index in [1.165, 1.54) is 16.8 Å². The van der Waals surface area contributed by atoms with Gasteiger partial charge < -0.3 is 9.64 Å². The first-order chi connectivity index (χ1) is 9.36. The summed E-state index contributed by atoms with van der Waals surface area (Å²) in [5, 5.41) is 0. The number of ether oxygens (including phenoxy) is 1. The van der Waals surface area contributed by atoms with Crippen molar-refractivity contribution in [3.05, 3.63) is 59.7 Å². The number of anilines is 1. The summed E-state index contributed by atoms with van der Waals surface area (Å²) < 4.78 is 4.89. The number of hydrogen-bond donors (Lipinski definition) is 0. The molecule has 1 aliphatic rings. The van der Waals surface area contributed by atoms with Crippen LogP contribution in [-0.4, -0.2) is 13.0 Å². The van der Waals surface area contributed by atoms with Gasteiger partial charge in [-0.05, 0) is 35.7 Å². The second kappa shape index (κ2) is 5.14. The smallest absolute Gasteiger partial charge is 0.298 e. The second-order valence-corrected chi connectivity index (χ2v) is 4.66. The molecule has 1 heterocycles. The summed E-state index contributed by atoms with van der Waals surface area (Å²) in [4.78, 5) is 12.7. The van der Waals surface area contributed by atoms with Crippen molar-refractivity contribution in [1.82, 2.24) is 0 Å². The molecule has 3 nitrogen and oxygen atoms in total. The van der Waals surface area contributed by atoms with Crippen molar-refractivity contribution >= 4 is 12.2 Å². The Bertz CT molecular complexity index is 581. The number of rotatable bonds is 4. The van der Waals surface area contributed by atoms with E-state index in [0.717, 1.165) is 19.5 Å². The Morgan fingerprint density at radius 3 is 2.79 bits per heavy atom. The van der Waals surface area contributed by atoms with Gasteiger partial charge in [0.2, 0.25) is 0 Å². The Morgan fingerprint density at radius 1 is 1.16 bits per heavy atom. The van der Waals surface area contributed by atoms with E-state index in [1.54, 1.807) is 0 Å². The van der Waals surface area contributed by atoms with E-state index in [4.69, 9.17) is 4.74 Å². The van der Waals surface area contributed by atoms with Gasteiger partial charge in [0, 0.05) is 18.8 Å². The average Bonchev–Trinajstić information content (AvgIpc) is 2.83. The fourth-order valence-electron chi connectivity index (χ4n) is 2.54. The van der Waals surface area contributed by atoms with Crippen molar-refractivity contribution in [1.29, 1.82) is 0 Å². The number of fused-ring (bicyclic) bond motifs is 1. The molecule has 0 aromatic heterocycles. The third-order valence-electron chi connectivity index (χ3n) is 3.44. The molecule has 3 heteroatoms. The molecule has 0 bridgehead atoms. The summed E-state index contributed by atoms with van der Waals surface area (Å²) in [7, 11) is 0. The molecule has 0 unspecified atom stereocenters. The molecular weight excluding hydrogens is 238 g/mol. The predicted octanol–water partition coefficient (Wildman–Crippen LogP) is 2.78. The summed E-state index contributed by atoms with van der Waals surface area (Å²) in [5.41, 5.74) is 3.79. The van der Waals surface area contributed by atoms with E-state index in [1.807, 2.05) is 24.3 Å². The zero-order chi connectivity index (χ0) is 13.1. The Hall–Kier alpha value is -2.29. The Balaban J connectivity index is 1.80. The molecule has 0 atom stereocenters. The highest BCUT2D eigenvalue weighted by Gasteiger charge is 2.19. The second-order valence-electron chi connectivity index (χ2n) is 4.66. The summed E-state index contributed by atoms with van der Waals surface area (Å²) >= 11 is 0. The van der Waals surface area contributed by atoms with Crippen molar-refractivity contribution in [2.45, 2.75) is 13.0 Å². The third-order valence-corrected chi connectivity index (χ3v) is 3.44. The van der Waals surface area contributed by atoms with Crippen LogP contribution in [0.5, 0.6) is 5.75 Å². The molecule has 0 radical (unpaired) electrons. The molecule has 0 saturated heterocycles. The zero-order valence-electron chi connectivity index (χ0n) is 10.6. The maximum atomic E-state index is 10.3. The topological polar surface area (TPSA) is 29.5 Å². The van der Waals surface area contributed by atoms with Crippen molar-refractivity contribution in [3.63, 3.8) is 0 Å². The fourth-order valence-corrected chi connectivity index (χ4v) is 2.54. The first-order valence-corrected chi connectivity index (χ1v) is 6.39. The number of nitrogens with zero attached hydrogens (tertiary/aromatic N) is 1. The quantitative estimate of drug-likeness (QED) is 0.785. The van der Waals surface area contributed by atoms with Crippen LogP contribution in [0.3, 0.4) is 0 Å². The van der Waals surface area contributed by atoms with Gasteiger partial charge in [0.15, 0.2) is 0 Å². The highest BCUT2D eigenvalue weighted by Crippen LogP contribution is 2.32. The van der Waals surface area contributed by atoms with E-state index >= 15 is 0 Å². The predicted molar refractivity (Wildman–Crippen MR) is 74.3 cm³/mol. The molecule has 96 valence electrons. The molecule has 0 N–H and O–H groups in total. The molecule has 0 saturated carbocycles. The first kappa shape index (κ1) is 11.8. The summed E-state index contributed by atoms with van der Waals surface area (Å²) in [6.07, 6.45) is 0.998. The van der Waals surface area contributed by atoms with Crippen LogP contribution in [0, 0.1) is 0 Å². The molecule has 3 rings (SSSR count). The average molecular weight is 253 g/mol. The van der Waals surface area contributed by atoms with Crippen LogP contribution in [0.4, 0.5) is 5.69 Å². The van der Waals surface area contributed by atoms with Crippen molar-refractivity contribution in [2.75, 3.05) is 11.4 Å². The van der Waals surface area contributed by atoms with Crippen LogP contribution < -0.4 is 9.64 Å². The van der Waals surface area contributed by atoms with Gasteiger partial charge in [-0.15, -0.1) is 0 Å². The SMILES string of the molecule is O=COc1ccc2c(c1)CCN2Cc1ccccc1. The van der Waals surface area contributed by atoms with Crippen molar-refractivity contribution < 1.29 is 9.53 Å². The summed E-state index contributed by atoms with van der Waals surface area (Å²) in [6.45, 7) is 2.40. The zero-order valence-corrected chi connectivity index (χ0v) is 10.6. The van der Waals surface area contributed by atoms with Gasteiger partial charge in [-0.1, -0.05) is 30.3 Å². The number of carbonyl (C=O) groups is 1. The monoisotopic (exact) mass is 253 g/mol. The van der Waals surface area contributed by atoms with Crippen LogP contribution in [0.25, 0.3) is 0 Å². The Kier molecular flexibility index (Phi) is 3.19. The molecule has 19 heavy (non-hydrogen) atoms. The Labute approximate surface area is 112 Å². The van der Waals surface area contributed by atoms with Gasteiger partial charge in [-0.3, -0.25) is 4.79 Å². The third kappa shape index (κ3) is 2.45. The first-order valence-electron chi connectivity index (χ1n) is 6.39. The highest BCUT2D eigenvalue weighted by atomic mass is 16.5. The minimum absolute atomic E-state index is 0.471. The summed E-state index contributed by atoms with van der Waals surface area (Å²) in [6, 6.07) is 16.3. The van der Waals surface area contributed by atoms with Gasteiger partial charge in [0.05, 0.1) is 0 Å². The fraction of sp³-hybridized carbons (Fsp3) is 0.188. The van der Waals surface area contributed by atoms with Gasteiger partial charge >= 0.3 is 0 Å². The van der Waals surface area contributed by atoms with Gasteiger partial charge in [-0.25, -0.2) is 0 Å². The van der Waals surface area contributed by atoms with Gasteiger partial charge in [-0.2, -0.15) is 0 Å². The number of benzene rings is 2. The van der Waals surface area contributed by atoms with Crippen LogP contribution >= 0.6 is 0 Å². The normalized spacial score (nSPS) is 13.2. The lowest BCUT2D eigenvalue weighted by Gasteiger charge is -2.19. The maximum absolute atomic E-state index is 10.3. The highest BCUT2D eigenvalue weighted by molar-refractivity contribution is 5.61. The minimum atomic E-state index is 0.471. The van der Waals surface area contributed by atoms with Crippen LogP contribution in [0.2, 0.25) is 0 Å². The molecular formula is C16H15NO2. The molecule has 0 spiro atoms. The van der Waals surface area contributed by atoms with E-state index in [9.17, 15) is 4.79 Å². The molecule has 0 aliphatic carbocycles. The number of hydrogen-bond acceptors (Lipinski definition) is 3. The van der Waals surface area contributed by atoms with Crippen LogP contribution in [-0.2, 0) is 17.8 Å². The van der Waals surface area contributed by atoms with Gasteiger partial charge in [0.1, 0.15) is 5.75 Å². The minimum Gasteiger partial charge on any atom is -0.429 e. The maximum Gasteiger partial charge on any atom is 0.298 e. The molecule has 0 fully saturated rings. The Morgan fingerprint density at radius 2 is 2.00 bits per heavy atom. The largest absolute Gasteiger partial charge is 0.429 e. The molecule has 1 aliphatic heterocycles. The van der Waals surface area contributed by atoms with Crippen molar-refractivity contribution in [3.8, 4) is 5.75 Å². The molecule has 0 amide bonds. The van der Waals surface area contributed by atoms with Crippen molar-refractivity contribution in [2.24, 2.45) is 0 Å². The van der Waals surface area contributed by atoms with Gasteiger partial charge in [0.25, 0.3) is 6.47 Å². The van der Waals surface area contributed by atoms with E-state index < -0.39 is 0 Å². The summed E-state index contributed by atoms with van der Waals surface area (Å²) in [5.74, 6) is 0.621. The lowest BCUT2D eigenvalue weighted by molar-refractivity contribution is -0.120. The number of carbonyl (C=O) groups excluding carboxylic acids is 1. The molecule has 2 aromatic carbocycles.